The first-order chi connectivity index (χ1) is 35.6. The number of nitrogens with zero attached hydrogens (tertiary/aromatic N) is 4. The molecule has 2 aliphatic rings. The molecule has 6 amide bonds. The van der Waals surface area contributed by atoms with E-state index in [4.69, 9.17) is 9.47 Å². The summed E-state index contributed by atoms with van der Waals surface area (Å²) in [7, 11) is 6.46. The Morgan fingerprint density at radius 1 is 0.568 bits per heavy atom. The van der Waals surface area contributed by atoms with Crippen molar-refractivity contribution in [3.63, 3.8) is 0 Å². The van der Waals surface area contributed by atoms with E-state index in [1.807, 2.05) is 60.7 Å². The molecule has 2 aliphatic heterocycles. The van der Waals surface area contributed by atoms with Gasteiger partial charge in [-0.1, -0.05) is 80.4 Å². The van der Waals surface area contributed by atoms with Crippen molar-refractivity contribution >= 4 is 112 Å². The molecular weight excluding hydrogens is 1070 g/mol. The van der Waals surface area contributed by atoms with Crippen molar-refractivity contribution in [2.75, 3.05) is 61.0 Å². The minimum atomic E-state index is -1.12. The number of fused-ring (bicyclic) bond motifs is 4. The first-order valence-electron chi connectivity index (χ1n) is 24.5. The quantitative estimate of drug-likeness (QED) is 0.0660. The summed E-state index contributed by atoms with van der Waals surface area (Å²) >= 11 is 7.13. The van der Waals surface area contributed by atoms with E-state index in [-0.39, 0.29) is 50.8 Å². The second-order valence-electron chi connectivity index (χ2n) is 18.4. The molecular formula is C56H60Br2N8O8. The van der Waals surface area contributed by atoms with E-state index >= 15 is 0 Å². The zero-order valence-corrected chi connectivity index (χ0v) is 45.3. The summed E-state index contributed by atoms with van der Waals surface area (Å²) in [5.41, 5.74) is 3.46. The minimum Gasteiger partial charge on any atom is -0.496 e. The summed E-state index contributed by atoms with van der Waals surface area (Å²) in [6.07, 6.45) is 0.633. The molecule has 74 heavy (non-hydrogen) atoms. The number of halogens is 2. The van der Waals surface area contributed by atoms with Gasteiger partial charge in [0.25, 0.3) is 11.8 Å². The molecule has 0 bridgehead atoms. The molecule has 0 spiro atoms. The number of nitrogens with one attached hydrogen (secondary N) is 4. The Labute approximate surface area is 447 Å². The fourth-order valence-electron chi connectivity index (χ4n) is 9.58. The molecule has 0 fully saturated rings. The molecule has 0 radical (unpaired) electrons. The molecule has 0 aliphatic carbocycles. The van der Waals surface area contributed by atoms with Crippen molar-refractivity contribution in [3.05, 3.63) is 129 Å². The van der Waals surface area contributed by atoms with E-state index in [1.54, 1.807) is 110 Å². The van der Waals surface area contributed by atoms with Gasteiger partial charge in [-0.25, -0.2) is 0 Å². The van der Waals surface area contributed by atoms with Crippen LogP contribution >= 0.6 is 31.9 Å². The van der Waals surface area contributed by atoms with Gasteiger partial charge in [-0.05, 0) is 123 Å². The number of carbonyl (C=O) groups excluding carboxylic acids is 6. The lowest BCUT2D eigenvalue weighted by molar-refractivity contribution is -0.128. The third-order valence-corrected chi connectivity index (χ3v) is 14.9. The second-order valence-corrected chi connectivity index (χ2v) is 20.2. The standard InChI is InChI=1S/C56H60Br2N8O8/c1-33(59-3)53(69)61-43-31-63(45-13-7-9-15-47(45)65(55(43)71)29-41-39-23-21-37(57)27-35(39)19-25-49(41)73-5)51(67)17-11-12-18-52(68)64-32-44(62-54(70)34(2)60-4)56(72)66(48-16-10-8-14-46(48)64)30-42-40-24-22-38(58)28-36(40)20-26-50(42)74-6/h7-10,13-16,19-28,33-34,43-44,59-60H,11-12,17-18,29-32H2,1-6H3,(H,61,69)(H,62,70)/t33-,34-,43-,44-/m0/s1. The maximum atomic E-state index is 14.9. The molecule has 6 aromatic carbocycles. The summed E-state index contributed by atoms with van der Waals surface area (Å²) in [4.78, 5) is 92.3. The molecule has 18 heteroatoms. The fourth-order valence-corrected chi connectivity index (χ4v) is 10.3. The second kappa shape index (κ2) is 23.6. The predicted molar refractivity (Wildman–Crippen MR) is 296 cm³/mol. The Hall–Kier alpha value is -6.86. The van der Waals surface area contributed by atoms with Crippen LogP contribution in [0.1, 0.15) is 50.7 Å². The largest absolute Gasteiger partial charge is 0.496 e. The predicted octanol–water partition coefficient (Wildman–Crippen LogP) is 7.74. The van der Waals surface area contributed by atoms with Gasteiger partial charge < -0.3 is 50.3 Å². The lowest BCUT2D eigenvalue weighted by Gasteiger charge is -2.27. The SMILES string of the molecule is CN[C@@H](C)C(=O)N[C@H]1CN(C(=O)CCCCC(=O)N2C[C@H](NC(=O)[C@H](C)NC)C(=O)N(Cc3c(OC)ccc4cc(Br)ccc34)c3ccccc32)c2ccccc2N(Cc2c(OC)ccc3cc(Br)ccc23)C1=O. The van der Waals surface area contributed by atoms with Crippen molar-refractivity contribution < 1.29 is 38.2 Å². The zero-order chi connectivity index (χ0) is 52.8. The number of likely N-dealkylation sites (N-methyl/N-ethyl adjacent to an activating group) is 2. The number of carbonyl (C=O) groups is 6. The van der Waals surface area contributed by atoms with Crippen LogP contribution in [0, 0.1) is 0 Å². The van der Waals surface area contributed by atoms with E-state index in [0.717, 1.165) is 41.6 Å². The van der Waals surface area contributed by atoms with E-state index in [9.17, 15) is 28.8 Å². The maximum Gasteiger partial charge on any atom is 0.251 e. The van der Waals surface area contributed by atoms with Crippen LogP contribution in [0.25, 0.3) is 21.5 Å². The summed E-state index contributed by atoms with van der Waals surface area (Å²) in [6, 6.07) is 30.3. The third-order valence-electron chi connectivity index (χ3n) is 13.9. The van der Waals surface area contributed by atoms with Gasteiger partial charge in [0.15, 0.2) is 0 Å². The highest BCUT2D eigenvalue weighted by molar-refractivity contribution is 9.10. The lowest BCUT2D eigenvalue weighted by atomic mass is 10.0. The molecule has 0 aromatic heterocycles. The van der Waals surface area contributed by atoms with E-state index in [2.05, 4.69) is 53.1 Å². The van der Waals surface area contributed by atoms with Crippen LogP contribution in [0.15, 0.2) is 118 Å². The highest BCUT2D eigenvalue weighted by Crippen LogP contribution is 2.40. The van der Waals surface area contributed by atoms with Gasteiger partial charge >= 0.3 is 0 Å². The Balaban J connectivity index is 1.05. The number of amides is 6. The molecule has 16 nitrogen and oxygen atoms in total. The van der Waals surface area contributed by atoms with Crippen LogP contribution in [0.3, 0.4) is 0 Å². The normalized spacial score (nSPS) is 16.5. The molecule has 0 unspecified atom stereocenters. The van der Waals surface area contributed by atoms with Gasteiger partial charge in [-0.3, -0.25) is 28.8 Å². The zero-order valence-electron chi connectivity index (χ0n) is 42.2. The molecule has 386 valence electrons. The number of hydrogen-bond acceptors (Lipinski definition) is 10. The molecule has 2 heterocycles. The maximum absolute atomic E-state index is 14.9. The van der Waals surface area contributed by atoms with Crippen molar-refractivity contribution in [2.24, 2.45) is 0 Å². The highest BCUT2D eigenvalue weighted by Gasteiger charge is 2.40. The van der Waals surface area contributed by atoms with Crippen molar-refractivity contribution in [1.29, 1.82) is 0 Å². The van der Waals surface area contributed by atoms with Gasteiger partial charge in [0.1, 0.15) is 23.6 Å². The molecule has 8 rings (SSSR count). The van der Waals surface area contributed by atoms with Crippen molar-refractivity contribution in [2.45, 2.75) is 76.8 Å². The topological polar surface area (TPSA) is 182 Å². The fraction of sp³-hybridized carbons (Fsp3) is 0.321. The van der Waals surface area contributed by atoms with Gasteiger partial charge in [0.2, 0.25) is 23.6 Å². The average Bonchev–Trinajstić information content (AvgIpc) is 3.59. The molecule has 4 atom stereocenters. The lowest BCUT2D eigenvalue weighted by Crippen LogP contribution is -2.55. The summed E-state index contributed by atoms with van der Waals surface area (Å²) in [6.45, 7) is 3.26. The molecule has 0 saturated heterocycles. The number of para-hydroxylation sites is 4. The number of methoxy groups -OCH3 is 2. The van der Waals surface area contributed by atoms with E-state index < -0.39 is 47.8 Å². The highest BCUT2D eigenvalue weighted by atomic mass is 79.9. The number of anilines is 4. The number of ether oxygens (including phenoxy) is 2. The summed E-state index contributed by atoms with van der Waals surface area (Å²) in [5, 5.41) is 15.3. The molecule has 0 saturated carbocycles. The van der Waals surface area contributed by atoms with Crippen LogP contribution in [0.5, 0.6) is 11.5 Å². The smallest absolute Gasteiger partial charge is 0.251 e. The first kappa shape index (κ1) is 53.4. The van der Waals surface area contributed by atoms with Gasteiger partial charge in [0.05, 0.1) is 75.2 Å². The van der Waals surface area contributed by atoms with Crippen LogP contribution in [0.2, 0.25) is 0 Å². The van der Waals surface area contributed by atoms with Gasteiger partial charge in [-0.15, -0.1) is 0 Å². The monoisotopic (exact) mass is 1130 g/mol. The minimum absolute atomic E-state index is 0.0162. The van der Waals surface area contributed by atoms with E-state index in [1.165, 1.54) is 0 Å². The van der Waals surface area contributed by atoms with Crippen LogP contribution < -0.4 is 50.3 Å². The summed E-state index contributed by atoms with van der Waals surface area (Å²) < 4.78 is 13.5. The third kappa shape index (κ3) is 11.3. The van der Waals surface area contributed by atoms with Crippen LogP contribution in [0.4, 0.5) is 22.7 Å². The Bertz CT molecular complexity index is 2930. The van der Waals surface area contributed by atoms with Crippen molar-refractivity contribution in [3.8, 4) is 11.5 Å². The van der Waals surface area contributed by atoms with Crippen LogP contribution in [-0.4, -0.2) is 101 Å². The van der Waals surface area contributed by atoms with Gasteiger partial charge in [-0.2, -0.15) is 0 Å². The number of unbranched alkanes of at least 4 members (excludes halogenated alkanes) is 1. The Morgan fingerprint density at radius 2 is 0.946 bits per heavy atom. The Kier molecular flexibility index (Phi) is 17.0. The molecule has 6 aromatic rings. The number of benzene rings is 6. The summed E-state index contributed by atoms with van der Waals surface area (Å²) in [5.74, 6) is -1.06. The average molecular weight is 1130 g/mol. The van der Waals surface area contributed by atoms with E-state index in [0.29, 0.717) is 47.1 Å². The number of hydrogen-bond donors (Lipinski definition) is 4. The number of rotatable bonds is 17. The van der Waals surface area contributed by atoms with Gasteiger partial charge in [0, 0.05) is 32.9 Å². The Morgan fingerprint density at radius 3 is 1.31 bits per heavy atom. The van der Waals surface area contributed by atoms with Crippen LogP contribution in [-0.2, 0) is 41.9 Å². The van der Waals surface area contributed by atoms with Crippen molar-refractivity contribution in [1.82, 2.24) is 21.3 Å². The first-order valence-corrected chi connectivity index (χ1v) is 26.1. The molecule has 4 N–H and O–H groups in total.